The number of hydrogen-bond donors (Lipinski definition) is 4. The summed E-state index contributed by atoms with van der Waals surface area (Å²) in [4.78, 5) is 0. The minimum absolute atomic E-state index is 0. The molecule has 0 aromatic heterocycles. The minimum Gasteiger partial charge on any atom is -0.412 e. The van der Waals surface area contributed by atoms with E-state index in [1.807, 2.05) is 24.3 Å². The van der Waals surface area contributed by atoms with Crippen LogP contribution in [0.5, 0.6) is 0 Å². The summed E-state index contributed by atoms with van der Waals surface area (Å²) >= 11 is 0. The average molecular weight is 269 g/mol. The van der Waals surface area contributed by atoms with E-state index in [1.165, 1.54) is 0 Å². The molecule has 18 heavy (non-hydrogen) atoms. The summed E-state index contributed by atoms with van der Waals surface area (Å²) in [7, 11) is 0. The van der Waals surface area contributed by atoms with Crippen LogP contribution in [0.3, 0.4) is 0 Å². The smallest absolute Gasteiger partial charge is 0.0554 e. The molecule has 5 nitrogen and oxygen atoms in total. The van der Waals surface area contributed by atoms with Crippen molar-refractivity contribution >= 4 is 35.2 Å². The summed E-state index contributed by atoms with van der Waals surface area (Å²) in [5.74, 6) is 0. The summed E-state index contributed by atoms with van der Waals surface area (Å²) < 4.78 is 0. The van der Waals surface area contributed by atoms with Crippen molar-refractivity contribution in [2.45, 2.75) is 0 Å². The van der Waals surface area contributed by atoms with Gasteiger partial charge in [-0.15, -0.1) is 12.4 Å². The molecule has 0 fully saturated rings. The largest absolute Gasteiger partial charge is 0.412 e. The predicted molar refractivity (Wildman–Crippen MR) is 80.4 cm³/mol. The lowest BCUT2D eigenvalue weighted by molar-refractivity contribution is 0.824. The fraction of sp³-hybridized carbons (Fsp3) is 0. The molecule has 10 N–H and O–H groups in total. The van der Waals surface area contributed by atoms with Crippen LogP contribution in [0.25, 0.3) is 11.1 Å². The quantitative estimate of drug-likeness (QED) is 0.579. The van der Waals surface area contributed by atoms with Crippen molar-refractivity contribution in [2.75, 3.05) is 22.9 Å². The van der Waals surface area contributed by atoms with E-state index in [0.717, 1.165) is 11.1 Å². The summed E-state index contributed by atoms with van der Waals surface area (Å²) in [5.41, 5.74) is 27.0. The van der Waals surface area contributed by atoms with E-state index in [-0.39, 0.29) is 17.9 Å². The maximum Gasteiger partial charge on any atom is 0.0554 e. The van der Waals surface area contributed by atoms with Gasteiger partial charge in [0.1, 0.15) is 0 Å². The Hall–Kier alpha value is -2.11. The topological polar surface area (TPSA) is 136 Å². The number of anilines is 4. The Balaban J connectivity index is 0.00000144. The first-order valence-corrected chi connectivity index (χ1v) is 4.88. The standard InChI is InChI=1S/C12H14N4.ClH.H2O/c13-9-3-1-7(5-11(9)15)8-2-4-10(14)12(16)6-8;;/h1-6H,13-16H2;1H;1H2. The molecule has 2 aromatic rings. The Morgan fingerprint density at radius 1 is 0.556 bits per heavy atom. The van der Waals surface area contributed by atoms with Crippen molar-refractivity contribution in [1.29, 1.82) is 0 Å². The SMILES string of the molecule is Cl.Nc1ccc(-c2ccc(N)c(N)c2)cc1N.O. The lowest BCUT2D eigenvalue weighted by Crippen LogP contribution is -1.96. The third kappa shape index (κ3) is 2.97. The third-order valence-electron chi connectivity index (χ3n) is 2.51. The monoisotopic (exact) mass is 268 g/mol. The Morgan fingerprint density at radius 2 is 0.889 bits per heavy atom. The van der Waals surface area contributed by atoms with Crippen molar-refractivity contribution < 1.29 is 5.48 Å². The molecule has 0 saturated heterocycles. The van der Waals surface area contributed by atoms with Gasteiger partial charge in [0.2, 0.25) is 0 Å². The lowest BCUT2D eigenvalue weighted by Gasteiger charge is -2.07. The lowest BCUT2D eigenvalue weighted by atomic mass is 10.0. The first-order valence-electron chi connectivity index (χ1n) is 4.88. The Morgan fingerprint density at radius 3 is 1.17 bits per heavy atom. The highest BCUT2D eigenvalue weighted by Crippen LogP contribution is 2.28. The van der Waals surface area contributed by atoms with Crippen molar-refractivity contribution in [3.05, 3.63) is 36.4 Å². The Bertz CT molecular complexity index is 496. The molecule has 0 heterocycles. The van der Waals surface area contributed by atoms with E-state index in [2.05, 4.69) is 0 Å². The van der Waals surface area contributed by atoms with E-state index >= 15 is 0 Å². The Kier molecular flexibility index (Phi) is 5.29. The van der Waals surface area contributed by atoms with Crippen LogP contribution in [0, 0.1) is 0 Å². The third-order valence-corrected chi connectivity index (χ3v) is 2.51. The van der Waals surface area contributed by atoms with Gasteiger partial charge in [0.25, 0.3) is 0 Å². The molecule has 0 aliphatic heterocycles. The van der Waals surface area contributed by atoms with Crippen LogP contribution in [-0.4, -0.2) is 5.48 Å². The van der Waals surface area contributed by atoms with E-state index in [4.69, 9.17) is 22.9 Å². The van der Waals surface area contributed by atoms with Crippen molar-refractivity contribution in [1.82, 2.24) is 0 Å². The Labute approximate surface area is 111 Å². The number of nitrogens with two attached hydrogens (primary N) is 4. The van der Waals surface area contributed by atoms with Crippen LogP contribution in [0.4, 0.5) is 22.7 Å². The summed E-state index contributed by atoms with van der Waals surface area (Å²) in [5, 5.41) is 0. The van der Waals surface area contributed by atoms with Crippen molar-refractivity contribution in [2.24, 2.45) is 0 Å². The molecule has 0 unspecified atom stereocenters. The first kappa shape index (κ1) is 15.9. The molecule has 0 bridgehead atoms. The maximum atomic E-state index is 5.74. The van der Waals surface area contributed by atoms with Crippen LogP contribution in [0.15, 0.2) is 36.4 Å². The second-order valence-corrected chi connectivity index (χ2v) is 3.69. The van der Waals surface area contributed by atoms with Crippen molar-refractivity contribution in [3.8, 4) is 11.1 Å². The normalized spacial score (nSPS) is 9.11. The highest BCUT2D eigenvalue weighted by Gasteiger charge is 2.02. The van der Waals surface area contributed by atoms with Crippen LogP contribution in [0.1, 0.15) is 0 Å². The van der Waals surface area contributed by atoms with Crippen LogP contribution < -0.4 is 22.9 Å². The average Bonchev–Trinajstić information content (AvgIpc) is 2.26. The van der Waals surface area contributed by atoms with Gasteiger partial charge >= 0.3 is 0 Å². The molecule has 6 heteroatoms. The van der Waals surface area contributed by atoms with Gasteiger partial charge in [-0.3, -0.25) is 0 Å². The van der Waals surface area contributed by atoms with Gasteiger partial charge < -0.3 is 28.4 Å². The fourth-order valence-corrected chi connectivity index (χ4v) is 1.51. The van der Waals surface area contributed by atoms with Gasteiger partial charge in [-0.25, -0.2) is 0 Å². The van der Waals surface area contributed by atoms with Gasteiger partial charge in [0, 0.05) is 0 Å². The molecule has 0 amide bonds. The van der Waals surface area contributed by atoms with Crippen LogP contribution >= 0.6 is 12.4 Å². The summed E-state index contributed by atoms with van der Waals surface area (Å²) in [6, 6.07) is 11.0. The van der Waals surface area contributed by atoms with Crippen molar-refractivity contribution in [3.63, 3.8) is 0 Å². The second-order valence-electron chi connectivity index (χ2n) is 3.69. The molecule has 0 aliphatic carbocycles. The second kappa shape index (κ2) is 6.00. The highest BCUT2D eigenvalue weighted by atomic mass is 35.5. The van der Waals surface area contributed by atoms with Gasteiger partial charge in [-0.1, -0.05) is 12.1 Å². The zero-order chi connectivity index (χ0) is 11.7. The summed E-state index contributed by atoms with van der Waals surface area (Å²) in [6.07, 6.45) is 0. The van der Waals surface area contributed by atoms with E-state index < -0.39 is 0 Å². The van der Waals surface area contributed by atoms with Gasteiger partial charge in [-0.05, 0) is 35.4 Å². The number of halogens is 1. The molecule has 0 atom stereocenters. The minimum atomic E-state index is 0. The number of nitrogen functional groups attached to an aromatic ring is 4. The van der Waals surface area contributed by atoms with E-state index in [9.17, 15) is 0 Å². The highest BCUT2D eigenvalue weighted by molar-refractivity contribution is 5.85. The molecule has 0 radical (unpaired) electrons. The number of benzene rings is 2. The summed E-state index contributed by atoms with van der Waals surface area (Å²) in [6.45, 7) is 0. The molecular weight excluding hydrogens is 252 g/mol. The molecule has 0 spiro atoms. The van der Waals surface area contributed by atoms with Gasteiger partial charge in [0.15, 0.2) is 0 Å². The fourth-order valence-electron chi connectivity index (χ4n) is 1.51. The van der Waals surface area contributed by atoms with Gasteiger partial charge in [-0.2, -0.15) is 0 Å². The van der Waals surface area contributed by atoms with Gasteiger partial charge in [0.05, 0.1) is 22.7 Å². The zero-order valence-electron chi connectivity index (χ0n) is 9.68. The molecule has 98 valence electrons. The molecule has 2 aromatic carbocycles. The number of rotatable bonds is 1. The predicted octanol–water partition coefficient (Wildman–Crippen LogP) is 1.28. The first-order chi connectivity index (χ1) is 7.58. The van der Waals surface area contributed by atoms with E-state index in [0.29, 0.717) is 22.7 Å². The van der Waals surface area contributed by atoms with Crippen LogP contribution in [0.2, 0.25) is 0 Å². The maximum absolute atomic E-state index is 5.74. The molecule has 0 saturated carbocycles. The number of hydrogen-bond acceptors (Lipinski definition) is 4. The molecule has 2 rings (SSSR count). The molecular formula is C12H17ClN4O. The molecule has 0 aliphatic rings. The zero-order valence-corrected chi connectivity index (χ0v) is 10.5. The van der Waals surface area contributed by atoms with E-state index in [1.54, 1.807) is 12.1 Å². The van der Waals surface area contributed by atoms with Crippen LogP contribution in [-0.2, 0) is 0 Å².